The lowest BCUT2D eigenvalue weighted by atomic mass is 10.0. The van der Waals surface area contributed by atoms with Gasteiger partial charge in [0.25, 0.3) is 15.8 Å². The van der Waals surface area contributed by atoms with E-state index in [0.29, 0.717) is 5.56 Å². The van der Waals surface area contributed by atoms with Gasteiger partial charge in [-0.1, -0.05) is 38.0 Å². The zero-order valence-corrected chi connectivity index (χ0v) is 17.8. The molecule has 2 aromatic carbocycles. The Hall–Kier alpha value is -2.82. The van der Waals surface area contributed by atoms with Gasteiger partial charge < -0.3 is 10.5 Å². The molecule has 0 saturated carbocycles. The summed E-state index contributed by atoms with van der Waals surface area (Å²) in [7, 11) is -4.02. The normalized spacial score (nSPS) is 12.8. The third kappa shape index (κ3) is 8.27. The van der Waals surface area contributed by atoms with Gasteiger partial charge in [-0.2, -0.15) is 8.42 Å². The summed E-state index contributed by atoms with van der Waals surface area (Å²) in [5, 5.41) is 10.5. The van der Waals surface area contributed by atoms with Crippen molar-refractivity contribution in [3.63, 3.8) is 0 Å². The molecule has 164 valence electrons. The summed E-state index contributed by atoms with van der Waals surface area (Å²) in [5.41, 5.74) is 7.39. The maximum Gasteiger partial charge on any atom is 0.323 e. The largest absolute Gasteiger partial charge is 0.460 e. The minimum Gasteiger partial charge on any atom is -0.460 e. The van der Waals surface area contributed by atoms with Gasteiger partial charge in [-0.3, -0.25) is 19.5 Å². The van der Waals surface area contributed by atoms with Gasteiger partial charge in [0.05, 0.1) is 9.82 Å². The van der Waals surface area contributed by atoms with Gasteiger partial charge in [-0.15, -0.1) is 0 Å². The Balaban J connectivity index is 0.000000346. The molecule has 0 spiro atoms. The molecule has 0 aliphatic rings. The van der Waals surface area contributed by atoms with Crippen molar-refractivity contribution in [2.45, 2.75) is 44.7 Å². The van der Waals surface area contributed by atoms with Crippen molar-refractivity contribution >= 4 is 21.8 Å². The molecule has 0 aliphatic heterocycles. The van der Waals surface area contributed by atoms with Crippen LogP contribution in [0.25, 0.3) is 0 Å². The lowest BCUT2D eigenvalue weighted by Gasteiger charge is -2.16. The van der Waals surface area contributed by atoms with E-state index in [0.717, 1.165) is 12.0 Å². The molecule has 2 aromatic rings. The maximum absolute atomic E-state index is 11.6. The number of hydrogen-bond acceptors (Lipinski definition) is 7. The Kier molecular flexibility index (Phi) is 9.57. The number of carbonyl (C=O) groups excluding carboxylic acids is 1. The van der Waals surface area contributed by atoms with Crippen molar-refractivity contribution in [2.75, 3.05) is 0 Å². The predicted molar refractivity (Wildman–Crippen MR) is 111 cm³/mol. The first-order valence-electron chi connectivity index (χ1n) is 9.15. The van der Waals surface area contributed by atoms with Crippen LogP contribution in [-0.2, 0) is 26.3 Å². The van der Waals surface area contributed by atoms with E-state index in [-0.39, 0.29) is 23.1 Å². The number of nitro benzene ring substituents is 1. The van der Waals surface area contributed by atoms with E-state index in [1.807, 2.05) is 20.8 Å². The number of aryl methyl sites for hydroxylation is 1. The molecule has 0 aliphatic carbocycles. The number of rotatable bonds is 7. The number of esters is 1. The van der Waals surface area contributed by atoms with Crippen LogP contribution in [0.1, 0.15) is 31.4 Å². The van der Waals surface area contributed by atoms with Crippen LogP contribution < -0.4 is 5.73 Å². The van der Waals surface area contributed by atoms with Gasteiger partial charge >= 0.3 is 5.97 Å². The predicted octanol–water partition coefficient (Wildman–Crippen LogP) is 3.25. The Morgan fingerprint density at radius 3 is 2.13 bits per heavy atom. The maximum atomic E-state index is 11.6. The highest BCUT2D eigenvalue weighted by molar-refractivity contribution is 7.85. The van der Waals surface area contributed by atoms with Gasteiger partial charge in [-0.05, 0) is 42.7 Å². The number of nitrogens with zero attached hydrogens (tertiary/aromatic N) is 1. The topological polar surface area (TPSA) is 150 Å². The van der Waals surface area contributed by atoms with E-state index in [1.54, 1.807) is 24.3 Å². The highest BCUT2D eigenvalue weighted by atomic mass is 32.2. The van der Waals surface area contributed by atoms with Crippen molar-refractivity contribution < 1.29 is 27.4 Å². The lowest BCUT2D eigenvalue weighted by Crippen LogP contribution is -2.37. The molecule has 0 fully saturated rings. The first kappa shape index (κ1) is 25.2. The van der Waals surface area contributed by atoms with Crippen LogP contribution in [0.2, 0.25) is 0 Å². The summed E-state index contributed by atoms with van der Waals surface area (Å²) < 4.78 is 34.6. The van der Waals surface area contributed by atoms with Crippen LogP contribution in [-0.4, -0.2) is 29.9 Å². The smallest absolute Gasteiger partial charge is 0.323 e. The fourth-order valence-electron chi connectivity index (χ4n) is 2.16. The van der Waals surface area contributed by atoms with Crippen LogP contribution in [0, 0.1) is 23.0 Å². The Labute approximate surface area is 175 Å². The molecule has 10 heteroatoms. The van der Waals surface area contributed by atoms with E-state index in [1.165, 1.54) is 24.3 Å². The van der Waals surface area contributed by atoms with Crippen molar-refractivity contribution in [3.8, 4) is 0 Å². The van der Waals surface area contributed by atoms with Crippen molar-refractivity contribution in [1.82, 2.24) is 0 Å². The number of nitro groups is 1. The first-order chi connectivity index (χ1) is 14.0. The van der Waals surface area contributed by atoms with Gasteiger partial charge in [-0.25, -0.2) is 0 Å². The summed E-state index contributed by atoms with van der Waals surface area (Å²) in [5.74, 6) is -0.392. The average molecular weight is 439 g/mol. The molecule has 2 atom stereocenters. The molecule has 0 heterocycles. The van der Waals surface area contributed by atoms with Gasteiger partial charge in [0.1, 0.15) is 12.6 Å². The summed E-state index contributed by atoms with van der Waals surface area (Å²) in [6, 6.07) is 11.2. The SMILES string of the molecule is CCC(C)[C@H](N)C(=O)OCc1ccc([N+](=O)[O-])cc1.Cc1ccc(S(=O)(=O)O)cc1. The van der Waals surface area contributed by atoms with Crippen LogP contribution >= 0.6 is 0 Å². The summed E-state index contributed by atoms with van der Waals surface area (Å²) >= 11 is 0. The fourth-order valence-corrected chi connectivity index (χ4v) is 2.64. The molecule has 0 bridgehead atoms. The third-order valence-corrected chi connectivity index (χ3v) is 5.24. The van der Waals surface area contributed by atoms with Crippen LogP contribution in [0.4, 0.5) is 5.69 Å². The van der Waals surface area contributed by atoms with Crippen molar-refractivity contribution in [2.24, 2.45) is 11.7 Å². The van der Waals surface area contributed by atoms with Crippen molar-refractivity contribution in [1.29, 1.82) is 0 Å². The van der Waals surface area contributed by atoms with Gasteiger partial charge in [0, 0.05) is 12.1 Å². The molecular formula is C20H26N2O7S. The van der Waals surface area contributed by atoms with Gasteiger partial charge in [0.2, 0.25) is 0 Å². The van der Waals surface area contributed by atoms with E-state index >= 15 is 0 Å². The van der Waals surface area contributed by atoms with E-state index in [4.69, 9.17) is 15.0 Å². The summed E-state index contributed by atoms with van der Waals surface area (Å²) in [6.07, 6.45) is 0.799. The minimum atomic E-state index is -4.02. The Morgan fingerprint density at radius 2 is 1.70 bits per heavy atom. The second-order valence-corrected chi connectivity index (χ2v) is 8.15. The number of hydrogen-bond donors (Lipinski definition) is 2. The van der Waals surface area contributed by atoms with Crippen molar-refractivity contribution in [3.05, 3.63) is 69.8 Å². The lowest BCUT2D eigenvalue weighted by molar-refractivity contribution is -0.384. The van der Waals surface area contributed by atoms with Crippen LogP contribution in [0.5, 0.6) is 0 Å². The standard InChI is InChI=1S/C13H18N2O4.C7H8O3S/c1-3-9(2)12(14)13(16)19-8-10-4-6-11(7-5-10)15(17)18;1-6-2-4-7(5-3-6)11(8,9)10/h4-7,9,12H,3,8,14H2,1-2H3;2-5H,1H3,(H,8,9,10)/t9?,12-;/m0./s1. The fraction of sp³-hybridized carbons (Fsp3) is 0.350. The third-order valence-electron chi connectivity index (χ3n) is 4.38. The first-order valence-corrected chi connectivity index (χ1v) is 10.6. The highest BCUT2D eigenvalue weighted by Crippen LogP contribution is 2.13. The van der Waals surface area contributed by atoms with E-state index in [2.05, 4.69) is 0 Å². The van der Waals surface area contributed by atoms with Gasteiger partial charge in [0.15, 0.2) is 0 Å². The molecular weight excluding hydrogens is 412 g/mol. The molecule has 0 aromatic heterocycles. The zero-order valence-electron chi connectivity index (χ0n) is 17.0. The highest BCUT2D eigenvalue weighted by Gasteiger charge is 2.20. The van der Waals surface area contributed by atoms with E-state index < -0.39 is 27.1 Å². The number of nitrogens with two attached hydrogens (primary N) is 1. The summed E-state index contributed by atoms with van der Waals surface area (Å²) in [4.78, 5) is 21.6. The molecule has 9 nitrogen and oxygen atoms in total. The number of benzene rings is 2. The Bertz CT molecular complexity index is 942. The van der Waals surface area contributed by atoms with Crippen LogP contribution in [0.15, 0.2) is 53.4 Å². The zero-order chi connectivity index (χ0) is 22.9. The molecule has 30 heavy (non-hydrogen) atoms. The number of carbonyl (C=O) groups is 1. The molecule has 0 radical (unpaired) electrons. The number of non-ortho nitro benzene ring substituents is 1. The molecule has 3 N–H and O–H groups in total. The summed E-state index contributed by atoms with van der Waals surface area (Å²) in [6.45, 7) is 5.75. The van der Waals surface area contributed by atoms with Crippen LogP contribution in [0.3, 0.4) is 0 Å². The average Bonchev–Trinajstić information content (AvgIpc) is 2.71. The second kappa shape index (κ2) is 11.4. The molecule has 0 amide bonds. The molecule has 1 unspecified atom stereocenters. The second-order valence-electron chi connectivity index (χ2n) is 6.73. The van der Waals surface area contributed by atoms with E-state index in [9.17, 15) is 23.3 Å². The minimum absolute atomic E-state index is 0.00591. The molecule has 2 rings (SSSR count). The Morgan fingerprint density at radius 1 is 1.17 bits per heavy atom. The quantitative estimate of drug-likeness (QED) is 0.289. The molecule has 0 saturated heterocycles. The monoisotopic (exact) mass is 438 g/mol. The number of ether oxygens (including phenoxy) is 1.